The molecule has 0 spiro atoms. The van der Waals surface area contributed by atoms with Crippen molar-refractivity contribution >= 4 is 15.9 Å². The molecule has 0 aliphatic heterocycles. The summed E-state index contributed by atoms with van der Waals surface area (Å²) in [5.41, 5.74) is 6.00. The van der Waals surface area contributed by atoms with E-state index in [-0.39, 0.29) is 6.04 Å². The van der Waals surface area contributed by atoms with Crippen LogP contribution >= 0.6 is 15.9 Å². The van der Waals surface area contributed by atoms with Gasteiger partial charge in [-0.05, 0) is 30.5 Å². The Morgan fingerprint density at radius 2 is 1.75 bits per heavy atom. The molecule has 0 unspecified atom stereocenters. The molecule has 1 atom stereocenters. The molecule has 0 bridgehead atoms. The van der Waals surface area contributed by atoms with Crippen molar-refractivity contribution in [3.8, 4) is 0 Å². The molecule has 1 aromatic rings. The fraction of sp³-hybridized carbons (Fsp3) is 0.455. The minimum Gasteiger partial charge on any atom is -0.327 e. The predicted molar refractivity (Wildman–Crippen MR) is 61.5 cm³/mol. The molecule has 0 fully saturated rings. The van der Waals surface area contributed by atoms with Crippen LogP contribution in [0.3, 0.4) is 0 Å². The van der Waals surface area contributed by atoms with Crippen LogP contribution in [0.25, 0.3) is 0 Å². The highest BCUT2D eigenvalue weighted by molar-refractivity contribution is 9.09. The molecule has 0 saturated heterocycles. The smallest absolute Gasteiger partial charge is 0.327 e. The number of benzene rings is 1. The van der Waals surface area contributed by atoms with Gasteiger partial charge >= 0.3 is 6.18 Å². The third kappa shape index (κ3) is 4.14. The summed E-state index contributed by atoms with van der Waals surface area (Å²) in [5.74, 6) is 0. The van der Waals surface area contributed by atoms with Crippen LogP contribution in [0, 0.1) is 0 Å². The van der Waals surface area contributed by atoms with Crippen LogP contribution in [0.4, 0.5) is 13.2 Å². The molecule has 0 aliphatic carbocycles. The maximum absolute atomic E-state index is 12.3. The van der Waals surface area contributed by atoms with Crippen molar-refractivity contribution in [2.24, 2.45) is 5.73 Å². The van der Waals surface area contributed by atoms with Gasteiger partial charge in [0.25, 0.3) is 0 Å². The summed E-state index contributed by atoms with van der Waals surface area (Å²) in [5, 5.41) is 0.800. The lowest BCUT2D eigenvalue weighted by Gasteiger charge is -2.11. The summed E-state index contributed by atoms with van der Waals surface area (Å²) in [6, 6.07) is 5.14. The summed E-state index contributed by atoms with van der Waals surface area (Å²) in [6.07, 6.45) is -2.86. The second kappa shape index (κ2) is 5.68. The fourth-order valence-electron chi connectivity index (χ4n) is 1.37. The van der Waals surface area contributed by atoms with Crippen molar-refractivity contribution in [3.05, 3.63) is 35.4 Å². The summed E-state index contributed by atoms with van der Waals surface area (Å²) in [6.45, 7) is 0. The van der Waals surface area contributed by atoms with Gasteiger partial charge in [-0.3, -0.25) is 0 Å². The molecule has 0 amide bonds. The Morgan fingerprint density at radius 3 is 2.19 bits per heavy atom. The van der Waals surface area contributed by atoms with Crippen LogP contribution in [0.5, 0.6) is 0 Å². The molecule has 2 N–H and O–H groups in total. The summed E-state index contributed by atoms with van der Waals surface area (Å²) >= 11 is 3.27. The van der Waals surface area contributed by atoms with Crippen molar-refractivity contribution in [1.29, 1.82) is 0 Å². The number of hydrogen-bond donors (Lipinski definition) is 1. The second-order valence-electron chi connectivity index (χ2n) is 3.64. The second-order valence-corrected chi connectivity index (χ2v) is 4.43. The zero-order chi connectivity index (χ0) is 12.2. The van der Waals surface area contributed by atoms with Crippen LogP contribution in [0.2, 0.25) is 0 Å². The molecule has 0 aromatic heterocycles. The lowest BCUT2D eigenvalue weighted by Crippen LogP contribution is -2.23. The van der Waals surface area contributed by atoms with E-state index < -0.39 is 11.7 Å². The van der Waals surface area contributed by atoms with Crippen LogP contribution < -0.4 is 5.73 Å². The van der Waals surface area contributed by atoms with Gasteiger partial charge in [0.05, 0.1) is 5.56 Å². The monoisotopic (exact) mass is 295 g/mol. The number of alkyl halides is 4. The van der Waals surface area contributed by atoms with Crippen LogP contribution in [-0.4, -0.2) is 11.4 Å². The quantitative estimate of drug-likeness (QED) is 0.847. The highest BCUT2D eigenvalue weighted by Gasteiger charge is 2.29. The van der Waals surface area contributed by atoms with Gasteiger partial charge in [-0.15, -0.1) is 0 Å². The first-order valence-electron chi connectivity index (χ1n) is 4.91. The first-order chi connectivity index (χ1) is 7.43. The highest BCUT2D eigenvalue weighted by Crippen LogP contribution is 2.29. The average Bonchev–Trinajstić information content (AvgIpc) is 2.17. The average molecular weight is 296 g/mol. The van der Waals surface area contributed by atoms with Crippen molar-refractivity contribution in [3.63, 3.8) is 0 Å². The minimum absolute atomic E-state index is 0.0175. The van der Waals surface area contributed by atoms with Gasteiger partial charge in [-0.2, -0.15) is 13.2 Å². The first kappa shape index (κ1) is 13.5. The molecule has 0 heterocycles. The standard InChI is InChI=1S/C11H13BrF3N/c12-6-5-10(16)7-8-1-3-9(4-2-8)11(13,14)15/h1-4,10H,5-7,16H2/t10-/m1/s1. The Morgan fingerprint density at radius 1 is 1.19 bits per heavy atom. The number of nitrogens with two attached hydrogens (primary N) is 1. The van der Waals surface area contributed by atoms with Crippen molar-refractivity contribution < 1.29 is 13.2 Å². The Kier molecular flexibility index (Phi) is 4.80. The van der Waals surface area contributed by atoms with Crippen molar-refractivity contribution in [2.75, 3.05) is 5.33 Å². The maximum atomic E-state index is 12.3. The zero-order valence-corrected chi connectivity index (χ0v) is 10.2. The van der Waals surface area contributed by atoms with E-state index in [1.165, 1.54) is 12.1 Å². The van der Waals surface area contributed by atoms with E-state index in [0.29, 0.717) is 6.42 Å². The molecule has 1 rings (SSSR count). The number of rotatable bonds is 4. The van der Waals surface area contributed by atoms with Gasteiger partial charge in [-0.25, -0.2) is 0 Å². The van der Waals surface area contributed by atoms with Gasteiger partial charge < -0.3 is 5.73 Å². The van der Waals surface area contributed by atoms with Crippen molar-refractivity contribution in [2.45, 2.75) is 25.1 Å². The molecule has 0 saturated carbocycles. The lowest BCUT2D eigenvalue weighted by molar-refractivity contribution is -0.137. The Balaban J connectivity index is 2.65. The number of hydrogen-bond acceptors (Lipinski definition) is 1. The first-order valence-corrected chi connectivity index (χ1v) is 6.03. The molecule has 1 aromatic carbocycles. The molecule has 0 aliphatic rings. The van der Waals surface area contributed by atoms with Crippen LogP contribution in [0.1, 0.15) is 17.5 Å². The van der Waals surface area contributed by atoms with Crippen LogP contribution in [-0.2, 0) is 12.6 Å². The molecule has 0 radical (unpaired) electrons. The van der Waals surface area contributed by atoms with Gasteiger partial charge in [0.15, 0.2) is 0 Å². The fourth-order valence-corrected chi connectivity index (χ4v) is 1.96. The molecule has 5 heteroatoms. The Hall–Kier alpha value is -0.550. The number of halogens is 4. The van der Waals surface area contributed by atoms with E-state index in [1.807, 2.05) is 0 Å². The maximum Gasteiger partial charge on any atom is 0.416 e. The zero-order valence-electron chi connectivity index (χ0n) is 8.60. The highest BCUT2D eigenvalue weighted by atomic mass is 79.9. The summed E-state index contributed by atoms with van der Waals surface area (Å²) < 4.78 is 36.8. The van der Waals surface area contributed by atoms with E-state index >= 15 is 0 Å². The predicted octanol–water partition coefficient (Wildman–Crippen LogP) is 3.36. The molecule has 90 valence electrons. The molecular weight excluding hydrogens is 283 g/mol. The normalized spacial score (nSPS) is 13.8. The largest absolute Gasteiger partial charge is 0.416 e. The SMILES string of the molecule is N[C@H](CCBr)Cc1ccc(C(F)(F)F)cc1. The van der Waals surface area contributed by atoms with E-state index in [1.54, 1.807) is 0 Å². The summed E-state index contributed by atoms with van der Waals surface area (Å²) in [7, 11) is 0. The van der Waals surface area contributed by atoms with E-state index in [4.69, 9.17) is 5.73 Å². The van der Waals surface area contributed by atoms with E-state index in [2.05, 4.69) is 15.9 Å². The van der Waals surface area contributed by atoms with Gasteiger partial charge in [0.2, 0.25) is 0 Å². The topological polar surface area (TPSA) is 26.0 Å². The van der Waals surface area contributed by atoms with Gasteiger partial charge in [-0.1, -0.05) is 28.1 Å². The van der Waals surface area contributed by atoms with Crippen molar-refractivity contribution in [1.82, 2.24) is 0 Å². The summed E-state index contributed by atoms with van der Waals surface area (Å²) in [4.78, 5) is 0. The van der Waals surface area contributed by atoms with E-state index in [9.17, 15) is 13.2 Å². The Labute approximate surface area is 101 Å². The van der Waals surface area contributed by atoms with Crippen LogP contribution in [0.15, 0.2) is 24.3 Å². The molecular formula is C11H13BrF3N. The molecule has 16 heavy (non-hydrogen) atoms. The lowest BCUT2D eigenvalue weighted by atomic mass is 10.0. The van der Waals surface area contributed by atoms with Gasteiger partial charge in [0, 0.05) is 11.4 Å². The Bertz CT molecular complexity index is 321. The third-order valence-electron chi connectivity index (χ3n) is 2.26. The molecule has 1 nitrogen and oxygen atoms in total. The third-order valence-corrected chi connectivity index (χ3v) is 2.72. The van der Waals surface area contributed by atoms with Gasteiger partial charge in [0.1, 0.15) is 0 Å². The minimum atomic E-state index is -4.27. The van der Waals surface area contributed by atoms with E-state index in [0.717, 1.165) is 29.4 Å².